The van der Waals surface area contributed by atoms with Crippen molar-refractivity contribution in [2.24, 2.45) is 0 Å². The maximum absolute atomic E-state index is 12.6. The predicted octanol–water partition coefficient (Wildman–Crippen LogP) is 17.3. The van der Waals surface area contributed by atoms with Gasteiger partial charge in [0, 0.05) is 256 Å². The van der Waals surface area contributed by atoms with E-state index in [0.717, 1.165) is 319 Å². The number of fused-ring (bicyclic) bond motifs is 8. The largest absolute Gasteiger partial charge is 0.456 e. The maximum Gasteiger partial charge on any atom is 0.410 e. The summed E-state index contributed by atoms with van der Waals surface area (Å²) in [6.45, 7) is 23.8. The van der Waals surface area contributed by atoms with Crippen LogP contribution in [0.2, 0.25) is 0 Å². The molecule has 0 saturated carbocycles. The van der Waals surface area contributed by atoms with Gasteiger partial charge >= 0.3 is 6.09 Å². The van der Waals surface area contributed by atoms with Gasteiger partial charge in [0.1, 0.15) is 51.6 Å². The van der Waals surface area contributed by atoms with Gasteiger partial charge in [-0.25, -0.2) is 4.79 Å². The zero-order valence-corrected chi connectivity index (χ0v) is 81.8. The number of likely N-dealkylation sites (tertiary alicyclic amines) is 2. The van der Waals surface area contributed by atoms with Crippen LogP contribution in [0.25, 0.3) is 45.0 Å². The molecule has 0 atom stereocenters. The monoisotopic (exact) mass is 1940 g/mol. The average Bonchev–Trinajstić information content (AvgIpc) is 0.776. The molecular formula is C114H124N16O14. The van der Waals surface area contributed by atoms with Crippen LogP contribution in [0.15, 0.2) is 238 Å². The van der Waals surface area contributed by atoms with Gasteiger partial charge in [0.05, 0.1) is 75.6 Å². The molecule has 30 nitrogen and oxygen atoms in total. The number of aromatic amines is 4. The van der Waals surface area contributed by atoms with E-state index in [1.165, 1.54) is 16.7 Å². The number of rotatable bonds is 16. The Bertz CT molecular complexity index is 7060. The molecule has 144 heavy (non-hydrogen) atoms. The number of hydrogen-bond acceptors (Lipinski definition) is 25. The number of amides is 1. The number of para-hydroxylation sites is 4. The third kappa shape index (κ3) is 22.8. The molecule has 10 N–H and O–H groups in total. The van der Waals surface area contributed by atoms with Crippen LogP contribution in [0.3, 0.4) is 0 Å². The van der Waals surface area contributed by atoms with Crippen LogP contribution in [-0.2, 0) is 55.9 Å². The molecule has 30 heteroatoms. The van der Waals surface area contributed by atoms with Crippen molar-refractivity contribution in [1.82, 2.24) is 40.0 Å². The lowest BCUT2D eigenvalue weighted by molar-refractivity contribution is 0.0210. The van der Waals surface area contributed by atoms with Crippen LogP contribution >= 0.6 is 0 Å². The zero-order chi connectivity index (χ0) is 98.2. The summed E-state index contributed by atoms with van der Waals surface area (Å²) in [6.07, 6.45) is 12.8. The number of carbonyl (C=O) groups is 1. The molecule has 0 bridgehead atoms. The molecule has 1 amide bonds. The number of hydrogen-bond donors (Lipinski definition) is 9. The fourth-order valence-electron chi connectivity index (χ4n) is 20.9. The Balaban J connectivity index is 0.000000114. The SMILES string of the molecule is CC(C)(C)OC(=O)N1CCC(Nc2ccc3c(c2)Cc2cccc(-c4cc(N5CCOCC5)cc(=O)[nH]4)c2O3)CC1.Nc1ccc2c(c1)Cc1cccc(-c3cc(N4CCOCC4)cc(=O)[nH]3)c1O2.O=c1cc(N2CCOCC2)cc(-c2cccc3c2Oc2ccc(NC4CCN(Cc5cccnc5)CC4)cc2C3)[nH]1.O=c1cc(N2CCOCC2)cc(-c2cccc3c2Oc2ccc(NC4CCNCC4)cc2C3)[nH]1. The molecule has 8 aromatic carbocycles. The fourth-order valence-corrected chi connectivity index (χ4v) is 20.9. The van der Waals surface area contributed by atoms with Gasteiger partial charge < -0.3 is 114 Å². The molecule has 744 valence electrons. The van der Waals surface area contributed by atoms with Gasteiger partial charge in [0.2, 0.25) is 22.2 Å². The van der Waals surface area contributed by atoms with E-state index in [-0.39, 0.29) is 34.4 Å². The van der Waals surface area contributed by atoms with E-state index in [1.54, 1.807) is 29.2 Å². The molecule has 16 heterocycles. The van der Waals surface area contributed by atoms with Gasteiger partial charge in [-0.3, -0.25) is 29.1 Å². The Morgan fingerprint density at radius 3 is 1.03 bits per heavy atom. The Morgan fingerprint density at radius 2 is 0.701 bits per heavy atom. The van der Waals surface area contributed by atoms with Crippen LogP contribution in [0.5, 0.6) is 46.0 Å². The second-order valence-corrected chi connectivity index (χ2v) is 39.6. The van der Waals surface area contributed by atoms with E-state index in [0.29, 0.717) is 78.0 Å². The van der Waals surface area contributed by atoms with Gasteiger partial charge in [0.15, 0.2) is 0 Å². The van der Waals surface area contributed by atoms with Crippen molar-refractivity contribution in [3.05, 3.63) is 310 Å². The minimum Gasteiger partial charge on any atom is -0.456 e. The Hall–Kier alpha value is -14.7. The van der Waals surface area contributed by atoms with Gasteiger partial charge in [-0.2, -0.15) is 0 Å². The van der Waals surface area contributed by atoms with Gasteiger partial charge in [-0.1, -0.05) is 54.6 Å². The molecule has 7 fully saturated rings. The number of nitrogens with two attached hydrogens (primary N) is 1. The summed E-state index contributed by atoms with van der Waals surface area (Å²) in [5.74, 6) is 6.58. The van der Waals surface area contributed by atoms with E-state index < -0.39 is 5.60 Å². The minimum absolute atomic E-state index is 0.110. The summed E-state index contributed by atoms with van der Waals surface area (Å²) in [4.78, 5) is 91.9. The van der Waals surface area contributed by atoms with Crippen LogP contribution in [-0.4, -0.2) is 209 Å². The topological polar surface area (TPSA) is 338 Å². The molecule has 11 aliphatic heterocycles. The molecule has 0 aliphatic carbocycles. The number of pyridine rings is 5. The minimum atomic E-state index is -0.485. The number of benzene rings is 8. The van der Waals surface area contributed by atoms with E-state index >= 15 is 0 Å². The summed E-state index contributed by atoms with van der Waals surface area (Å²) in [7, 11) is 0. The van der Waals surface area contributed by atoms with Crippen LogP contribution in [0.4, 0.5) is 50.3 Å². The second-order valence-electron chi connectivity index (χ2n) is 39.6. The third-order valence-electron chi connectivity index (χ3n) is 28.3. The third-order valence-corrected chi connectivity index (χ3v) is 28.3. The number of H-pyrrole nitrogens is 4. The van der Waals surface area contributed by atoms with Crippen molar-refractivity contribution in [3.63, 3.8) is 0 Å². The van der Waals surface area contributed by atoms with Crippen molar-refractivity contribution in [2.45, 2.75) is 115 Å². The highest BCUT2D eigenvalue weighted by atomic mass is 16.6. The summed E-state index contributed by atoms with van der Waals surface area (Å²) in [5, 5.41) is 14.5. The van der Waals surface area contributed by atoms with Crippen molar-refractivity contribution in [2.75, 3.05) is 186 Å². The van der Waals surface area contributed by atoms with Crippen LogP contribution in [0, 0.1) is 0 Å². The maximum atomic E-state index is 12.6. The molecular weight excluding hydrogens is 1820 g/mol. The average molecular weight is 1940 g/mol. The van der Waals surface area contributed by atoms with E-state index in [4.69, 9.17) is 48.4 Å². The van der Waals surface area contributed by atoms with Gasteiger partial charge in [-0.15, -0.1) is 0 Å². The summed E-state index contributed by atoms with van der Waals surface area (Å²) in [5.41, 5.74) is 29.5. The zero-order valence-electron chi connectivity index (χ0n) is 81.8. The summed E-state index contributed by atoms with van der Waals surface area (Å²) in [6, 6.07) is 69.4. The van der Waals surface area contributed by atoms with Crippen molar-refractivity contribution in [1.29, 1.82) is 0 Å². The quantitative estimate of drug-likeness (QED) is 0.0406. The smallest absolute Gasteiger partial charge is 0.410 e. The Morgan fingerprint density at radius 1 is 0.375 bits per heavy atom. The predicted molar refractivity (Wildman–Crippen MR) is 564 cm³/mol. The first-order valence-corrected chi connectivity index (χ1v) is 50.7. The fraction of sp³-hybridized carbons (Fsp3) is 0.351. The highest BCUT2D eigenvalue weighted by molar-refractivity contribution is 5.80. The molecule has 13 aromatic rings. The summed E-state index contributed by atoms with van der Waals surface area (Å²) < 4.78 is 53.0. The number of carbonyl (C=O) groups excluding carboxylic acids is 1. The molecule has 0 spiro atoms. The standard InChI is InChI=1S/C33H35N5O3.C32H38N4O5.C27H30N4O3.C22H21N3O3/c39-32-20-28(38-13-15-40-16-14-38)19-30(36-32)29-5-1-4-24-17-25-18-27(6-7-31(25)41-33(24)29)35-26-8-11-37(12-9-26)22-23-3-2-10-34-21-23;1-32(2,3)41-31(38)36-11-9-23(10-12-36)33-24-7-8-28-22(18-24)17-21-5-4-6-26(30(21)40-28)27-19-25(20-29(37)34-27)35-13-15-39-16-14-35;32-26-17-22(31-10-12-33-13-11-31)16-24(30-26)23-3-1-2-18-14-19-15-21(4-5-25(19)34-27(18)23)29-20-6-8-28-9-7-20;23-16-4-5-20-15(11-16)10-14-2-1-3-18(22(14)28-20)19-12-17(13-21(26)24-19)25-6-8-27-9-7-25/h1-7,10,18-21,26,35H,8-9,11-17,22H2,(H,36,39);4-8,18-20,23,33H,9-17H2,1-3H3,(H,34,37);1-5,15-17,20,28-29H,6-14H2,(H,30,32);1-5,11-13H,6-10,23H2,(H,24,26). The molecule has 7 saturated heterocycles. The van der Waals surface area contributed by atoms with Crippen molar-refractivity contribution >= 4 is 51.6 Å². The number of piperidine rings is 3. The van der Waals surface area contributed by atoms with E-state index in [2.05, 4.69) is 150 Å². The number of ether oxygens (including phenoxy) is 9. The normalized spacial score (nSPS) is 17.2. The first kappa shape index (κ1) is 95.5. The molecule has 0 radical (unpaired) electrons. The molecule has 11 aliphatic rings. The van der Waals surface area contributed by atoms with Gasteiger partial charge in [-0.05, 0) is 228 Å². The van der Waals surface area contributed by atoms with Crippen molar-refractivity contribution in [3.8, 4) is 91.0 Å². The number of aromatic nitrogens is 5. The first-order valence-electron chi connectivity index (χ1n) is 50.7. The van der Waals surface area contributed by atoms with Crippen LogP contribution in [0.1, 0.15) is 109 Å². The number of nitrogen functional groups attached to an aromatic ring is 1. The number of anilines is 8. The van der Waals surface area contributed by atoms with Gasteiger partial charge in [0.25, 0.3) is 0 Å². The Labute approximate surface area is 836 Å². The van der Waals surface area contributed by atoms with Crippen molar-refractivity contribution < 1.29 is 47.4 Å². The number of nitrogens with zero attached hydrogens (tertiary/aromatic N) is 7. The highest BCUT2D eigenvalue weighted by Gasteiger charge is 2.33. The molecule has 24 rings (SSSR count). The first-order chi connectivity index (χ1) is 70.3. The lowest BCUT2D eigenvalue weighted by Crippen LogP contribution is -2.44. The summed E-state index contributed by atoms with van der Waals surface area (Å²) >= 11 is 0. The highest BCUT2D eigenvalue weighted by Crippen LogP contribution is 2.49. The lowest BCUT2D eigenvalue weighted by Gasteiger charge is -2.34. The second kappa shape index (κ2) is 43.3. The van der Waals surface area contributed by atoms with E-state index in [9.17, 15) is 24.0 Å². The lowest BCUT2D eigenvalue weighted by atomic mass is 9.95. The van der Waals surface area contributed by atoms with E-state index in [1.807, 2.05) is 136 Å². The number of morpholine rings is 4. The molecule has 0 unspecified atom stereocenters. The molecule has 5 aromatic heterocycles. The Kier molecular flexibility index (Phi) is 28.7. The van der Waals surface area contributed by atoms with Crippen LogP contribution < -0.4 is 87.8 Å². The number of nitrogens with one attached hydrogen (secondary N) is 8.